The van der Waals surface area contributed by atoms with Gasteiger partial charge in [0.1, 0.15) is 6.10 Å². The maximum Gasteiger partial charge on any atom is 0.253 e. The third-order valence-corrected chi connectivity index (χ3v) is 3.93. The van der Waals surface area contributed by atoms with E-state index >= 15 is 0 Å². The van der Waals surface area contributed by atoms with Crippen LogP contribution in [0.1, 0.15) is 22.3 Å². The zero-order valence-electron chi connectivity index (χ0n) is 12.3. The topological polar surface area (TPSA) is 66.2 Å². The minimum atomic E-state index is -0.118. The number of aromatic nitrogens is 1. The molecule has 0 radical (unpaired) electrons. The van der Waals surface area contributed by atoms with Crippen LogP contribution in [0.25, 0.3) is 0 Å². The molecule has 1 aromatic carbocycles. The third kappa shape index (κ3) is 3.61. The Morgan fingerprint density at radius 1 is 1.35 bits per heavy atom. The Morgan fingerprint density at radius 3 is 2.87 bits per heavy atom. The van der Waals surface area contributed by atoms with Crippen LogP contribution in [0, 0.1) is 11.3 Å². The summed E-state index contributed by atoms with van der Waals surface area (Å²) < 4.78 is 5.78. The van der Waals surface area contributed by atoms with E-state index in [1.165, 1.54) is 0 Å². The van der Waals surface area contributed by atoms with Gasteiger partial charge in [-0.1, -0.05) is 11.6 Å². The molecule has 2 heterocycles. The monoisotopic (exact) mass is 327 g/mol. The van der Waals surface area contributed by atoms with Gasteiger partial charge in [-0.05, 0) is 30.3 Å². The van der Waals surface area contributed by atoms with Crippen molar-refractivity contribution in [3.8, 4) is 11.9 Å². The minimum Gasteiger partial charge on any atom is -0.472 e. The first-order chi connectivity index (χ1) is 11.2. The van der Waals surface area contributed by atoms with Gasteiger partial charge >= 0.3 is 0 Å². The number of pyridine rings is 1. The molecule has 1 aliphatic rings. The molecule has 3 rings (SSSR count). The average molecular weight is 328 g/mol. The Morgan fingerprint density at radius 2 is 2.13 bits per heavy atom. The summed E-state index contributed by atoms with van der Waals surface area (Å²) >= 11 is 5.84. The van der Waals surface area contributed by atoms with Crippen molar-refractivity contribution < 1.29 is 9.53 Å². The second kappa shape index (κ2) is 6.67. The fourth-order valence-electron chi connectivity index (χ4n) is 2.50. The molecule has 23 heavy (non-hydrogen) atoms. The molecule has 116 valence electrons. The number of hydrogen-bond acceptors (Lipinski definition) is 4. The molecule has 1 aromatic heterocycles. The van der Waals surface area contributed by atoms with Crippen LogP contribution in [0.15, 0.2) is 42.6 Å². The van der Waals surface area contributed by atoms with Crippen LogP contribution in [0.3, 0.4) is 0 Å². The van der Waals surface area contributed by atoms with Crippen LogP contribution < -0.4 is 4.74 Å². The Bertz CT molecular complexity index is 755. The van der Waals surface area contributed by atoms with Gasteiger partial charge in [-0.3, -0.25) is 4.79 Å². The first-order valence-corrected chi connectivity index (χ1v) is 7.61. The number of halogens is 1. The molecule has 1 fully saturated rings. The van der Waals surface area contributed by atoms with E-state index in [2.05, 4.69) is 4.98 Å². The summed E-state index contributed by atoms with van der Waals surface area (Å²) in [5, 5.41) is 9.49. The summed E-state index contributed by atoms with van der Waals surface area (Å²) in [7, 11) is 0. The van der Waals surface area contributed by atoms with E-state index in [0.29, 0.717) is 35.1 Å². The fraction of sp³-hybridized carbons (Fsp3) is 0.235. The summed E-state index contributed by atoms with van der Waals surface area (Å²) in [6.45, 7) is 1.13. The zero-order valence-corrected chi connectivity index (χ0v) is 13.0. The Balaban J connectivity index is 1.63. The lowest BCUT2D eigenvalue weighted by molar-refractivity contribution is 0.0771. The Kier molecular flexibility index (Phi) is 4.45. The van der Waals surface area contributed by atoms with Gasteiger partial charge < -0.3 is 9.64 Å². The Labute approximate surface area is 139 Å². The van der Waals surface area contributed by atoms with E-state index in [4.69, 9.17) is 21.6 Å². The van der Waals surface area contributed by atoms with E-state index in [1.807, 2.05) is 6.07 Å². The molecule has 1 aliphatic heterocycles. The van der Waals surface area contributed by atoms with Gasteiger partial charge in [0.05, 0.1) is 18.2 Å². The van der Waals surface area contributed by atoms with Crippen LogP contribution in [0.5, 0.6) is 5.88 Å². The molecule has 2 aromatic rings. The van der Waals surface area contributed by atoms with Crippen molar-refractivity contribution in [1.29, 1.82) is 5.26 Å². The van der Waals surface area contributed by atoms with Crippen LogP contribution in [-0.4, -0.2) is 35.0 Å². The molecule has 1 amide bonds. The average Bonchev–Trinajstić information content (AvgIpc) is 3.03. The number of nitrogens with zero attached hydrogens (tertiary/aromatic N) is 3. The SMILES string of the molecule is N#Cc1ccnc(OC2CCN(C(=O)c3ccc(Cl)cc3)C2)c1. The van der Waals surface area contributed by atoms with Crippen molar-refractivity contribution in [1.82, 2.24) is 9.88 Å². The van der Waals surface area contributed by atoms with Crippen LogP contribution >= 0.6 is 11.6 Å². The largest absolute Gasteiger partial charge is 0.472 e. The number of hydrogen-bond donors (Lipinski definition) is 0. The van der Waals surface area contributed by atoms with Gasteiger partial charge in [0, 0.05) is 35.8 Å². The zero-order chi connectivity index (χ0) is 16.2. The quantitative estimate of drug-likeness (QED) is 0.869. The predicted molar refractivity (Wildman–Crippen MR) is 85.3 cm³/mol. The molecule has 6 heteroatoms. The number of ether oxygens (including phenoxy) is 1. The summed E-state index contributed by atoms with van der Waals surface area (Å²) in [5.41, 5.74) is 1.11. The predicted octanol–water partition coefficient (Wildman–Crippen LogP) is 2.90. The highest BCUT2D eigenvalue weighted by Crippen LogP contribution is 2.20. The first kappa shape index (κ1) is 15.3. The van der Waals surface area contributed by atoms with Gasteiger partial charge in [0.2, 0.25) is 5.88 Å². The van der Waals surface area contributed by atoms with Gasteiger partial charge in [-0.15, -0.1) is 0 Å². The normalized spacial score (nSPS) is 16.9. The molecule has 1 unspecified atom stereocenters. The van der Waals surface area contributed by atoms with Gasteiger partial charge in [0.25, 0.3) is 5.91 Å². The summed E-state index contributed by atoms with van der Waals surface area (Å²) in [6.07, 6.45) is 2.16. The van der Waals surface area contributed by atoms with E-state index in [-0.39, 0.29) is 12.0 Å². The van der Waals surface area contributed by atoms with Crippen molar-refractivity contribution >= 4 is 17.5 Å². The highest BCUT2D eigenvalue weighted by atomic mass is 35.5. The van der Waals surface area contributed by atoms with Crippen molar-refractivity contribution in [2.75, 3.05) is 13.1 Å². The van der Waals surface area contributed by atoms with Gasteiger partial charge in [0.15, 0.2) is 0 Å². The minimum absolute atomic E-state index is 0.0356. The smallest absolute Gasteiger partial charge is 0.253 e. The van der Waals surface area contributed by atoms with Crippen molar-refractivity contribution in [2.45, 2.75) is 12.5 Å². The second-order valence-corrected chi connectivity index (χ2v) is 5.72. The number of likely N-dealkylation sites (tertiary alicyclic amines) is 1. The molecular weight excluding hydrogens is 314 g/mol. The molecule has 1 atom stereocenters. The molecule has 0 N–H and O–H groups in total. The molecule has 5 nitrogen and oxygen atoms in total. The van der Waals surface area contributed by atoms with Crippen LogP contribution in [0.2, 0.25) is 5.02 Å². The Hall–Kier alpha value is -2.58. The maximum absolute atomic E-state index is 12.4. The van der Waals surface area contributed by atoms with Gasteiger partial charge in [-0.2, -0.15) is 5.26 Å². The van der Waals surface area contributed by atoms with Crippen LogP contribution in [0.4, 0.5) is 0 Å². The van der Waals surface area contributed by atoms with E-state index in [1.54, 1.807) is 47.5 Å². The second-order valence-electron chi connectivity index (χ2n) is 5.28. The number of benzene rings is 1. The molecule has 0 saturated carbocycles. The molecule has 0 bridgehead atoms. The van der Waals surface area contributed by atoms with Crippen molar-refractivity contribution in [3.63, 3.8) is 0 Å². The van der Waals surface area contributed by atoms with Crippen LogP contribution in [-0.2, 0) is 0 Å². The summed E-state index contributed by atoms with van der Waals surface area (Å²) in [5.74, 6) is 0.376. The number of carbonyl (C=O) groups excluding carboxylic acids is 1. The third-order valence-electron chi connectivity index (χ3n) is 3.67. The number of rotatable bonds is 3. The first-order valence-electron chi connectivity index (χ1n) is 7.23. The molecular formula is C17H14ClN3O2. The molecule has 0 spiro atoms. The highest BCUT2D eigenvalue weighted by molar-refractivity contribution is 6.30. The molecule has 0 aliphatic carbocycles. The van der Waals surface area contributed by atoms with Crippen molar-refractivity contribution in [3.05, 3.63) is 58.7 Å². The van der Waals surface area contributed by atoms with Crippen molar-refractivity contribution in [2.24, 2.45) is 0 Å². The lowest BCUT2D eigenvalue weighted by atomic mass is 10.2. The lowest BCUT2D eigenvalue weighted by Gasteiger charge is -2.17. The van der Waals surface area contributed by atoms with Gasteiger partial charge in [-0.25, -0.2) is 4.98 Å². The summed E-state index contributed by atoms with van der Waals surface area (Å²) in [4.78, 5) is 18.3. The lowest BCUT2D eigenvalue weighted by Crippen LogP contribution is -2.31. The van der Waals surface area contributed by atoms with E-state index in [0.717, 1.165) is 6.42 Å². The maximum atomic E-state index is 12.4. The summed E-state index contributed by atoms with van der Waals surface area (Å²) in [6, 6.07) is 12.1. The highest BCUT2D eigenvalue weighted by Gasteiger charge is 2.28. The number of carbonyl (C=O) groups is 1. The molecule has 1 saturated heterocycles. The number of nitriles is 1. The fourth-order valence-corrected chi connectivity index (χ4v) is 2.62. The standard InChI is InChI=1S/C17H14ClN3O2/c18-14-3-1-13(2-4-14)17(22)21-8-6-15(11-21)23-16-9-12(10-19)5-7-20-16/h1-5,7,9,15H,6,8,11H2. The number of amides is 1. The van der Waals surface area contributed by atoms with E-state index < -0.39 is 0 Å². The van der Waals surface area contributed by atoms with E-state index in [9.17, 15) is 4.79 Å².